The van der Waals surface area contributed by atoms with Crippen LogP contribution in [0.4, 0.5) is 0 Å². The van der Waals surface area contributed by atoms with Gasteiger partial charge >= 0.3 is 0 Å². The number of rotatable bonds is 8. The lowest BCUT2D eigenvalue weighted by atomic mass is 10.0. The summed E-state index contributed by atoms with van der Waals surface area (Å²) in [6, 6.07) is 19.4. The molecule has 4 rings (SSSR count). The second kappa shape index (κ2) is 10.5. The van der Waals surface area contributed by atoms with Crippen molar-refractivity contribution in [2.24, 2.45) is 10.7 Å². The third-order valence-corrected chi connectivity index (χ3v) is 5.07. The van der Waals surface area contributed by atoms with Crippen LogP contribution in [0.3, 0.4) is 0 Å². The van der Waals surface area contributed by atoms with Crippen molar-refractivity contribution >= 4 is 5.96 Å². The van der Waals surface area contributed by atoms with Gasteiger partial charge in [-0.15, -0.1) is 0 Å². The zero-order valence-corrected chi connectivity index (χ0v) is 18.2. The molecule has 2 aromatic carbocycles. The van der Waals surface area contributed by atoms with E-state index in [9.17, 15) is 0 Å². The fraction of sp³-hybridized carbons (Fsp3) is 0.280. The molecular formula is C25H28N4O3. The van der Waals surface area contributed by atoms with Crippen LogP contribution in [-0.2, 0) is 6.54 Å². The highest BCUT2D eigenvalue weighted by molar-refractivity contribution is 5.78. The van der Waals surface area contributed by atoms with Crippen LogP contribution in [0.1, 0.15) is 36.9 Å². The number of hydrogen-bond acceptors (Lipinski definition) is 5. The number of aromatic nitrogens is 1. The van der Waals surface area contributed by atoms with Crippen molar-refractivity contribution in [2.75, 3.05) is 13.2 Å². The monoisotopic (exact) mass is 432 g/mol. The molecule has 1 atom stereocenters. The van der Waals surface area contributed by atoms with E-state index in [4.69, 9.17) is 19.9 Å². The van der Waals surface area contributed by atoms with E-state index < -0.39 is 0 Å². The van der Waals surface area contributed by atoms with E-state index in [0.717, 1.165) is 29.7 Å². The number of para-hydroxylation sites is 3. The number of fused-ring (bicyclic) bond motifs is 1. The number of nitrogens with zero attached hydrogens (tertiary/aromatic N) is 2. The first-order chi connectivity index (χ1) is 15.7. The minimum atomic E-state index is 0.0657. The van der Waals surface area contributed by atoms with Crippen molar-refractivity contribution in [1.82, 2.24) is 10.3 Å². The Morgan fingerprint density at radius 2 is 1.94 bits per heavy atom. The fourth-order valence-electron chi connectivity index (χ4n) is 3.49. The first kappa shape index (κ1) is 21.5. The molecule has 7 heteroatoms. The van der Waals surface area contributed by atoms with E-state index in [1.807, 2.05) is 60.7 Å². The second-order valence-corrected chi connectivity index (χ2v) is 7.44. The summed E-state index contributed by atoms with van der Waals surface area (Å²) in [5.41, 5.74) is 8.13. The van der Waals surface area contributed by atoms with Crippen molar-refractivity contribution in [3.63, 3.8) is 0 Å². The molecule has 1 aliphatic heterocycles. The molecule has 0 bridgehead atoms. The molecule has 32 heavy (non-hydrogen) atoms. The lowest BCUT2D eigenvalue weighted by Gasteiger charge is -2.26. The maximum Gasteiger partial charge on any atom is 0.224 e. The summed E-state index contributed by atoms with van der Waals surface area (Å²) in [7, 11) is 0. The Labute approximate surface area is 188 Å². The predicted octanol–water partition coefficient (Wildman–Crippen LogP) is 4.59. The molecule has 0 saturated carbocycles. The van der Waals surface area contributed by atoms with Crippen LogP contribution in [0.5, 0.6) is 23.1 Å². The van der Waals surface area contributed by atoms with Gasteiger partial charge in [0, 0.05) is 23.7 Å². The maximum atomic E-state index is 6.21. The maximum absolute atomic E-state index is 6.21. The van der Waals surface area contributed by atoms with Gasteiger partial charge in [0.2, 0.25) is 5.88 Å². The van der Waals surface area contributed by atoms with Gasteiger partial charge in [-0.25, -0.2) is 9.98 Å². The van der Waals surface area contributed by atoms with Gasteiger partial charge in [0.15, 0.2) is 17.5 Å². The van der Waals surface area contributed by atoms with Crippen LogP contribution in [0.25, 0.3) is 0 Å². The summed E-state index contributed by atoms with van der Waals surface area (Å²) >= 11 is 0. The molecule has 3 N–H and O–H groups in total. The molecule has 2 heterocycles. The number of ether oxygens (including phenoxy) is 3. The summed E-state index contributed by atoms with van der Waals surface area (Å²) in [5.74, 6) is 3.04. The van der Waals surface area contributed by atoms with Gasteiger partial charge in [-0.3, -0.25) is 0 Å². The average molecular weight is 433 g/mol. The molecule has 0 radical (unpaired) electrons. The van der Waals surface area contributed by atoms with Crippen LogP contribution >= 0.6 is 0 Å². The molecule has 0 saturated heterocycles. The van der Waals surface area contributed by atoms with Crippen molar-refractivity contribution in [3.8, 4) is 23.1 Å². The van der Waals surface area contributed by atoms with Crippen LogP contribution in [0.2, 0.25) is 0 Å². The molecule has 166 valence electrons. The third-order valence-electron chi connectivity index (χ3n) is 5.07. The largest absolute Gasteiger partial charge is 0.493 e. The molecule has 0 fully saturated rings. The molecule has 0 spiro atoms. The minimum absolute atomic E-state index is 0.0657. The molecule has 0 aliphatic carbocycles. The smallest absolute Gasteiger partial charge is 0.224 e. The summed E-state index contributed by atoms with van der Waals surface area (Å²) in [6.45, 7) is 3.67. The highest BCUT2D eigenvalue weighted by Gasteiger charge is 2.21. The molecule has 1 aromatic heterocycles. The van der Waals surface area contributed by atoms with Crippen LogP contribution in [0, 0.1) is 0 Å². The van der Waals surface area contributed by atoms with Crippen LogP contribution < -0.4 is 25.3 Å². The Morgan fingerprint density at radius 1 is 1.12 bits per heavy atom. The predicted molar refractivity (Wildman–Crippen MR) is 124 cm³/mol. The van der Waals surface area contributed by atoms with E-state index in [0.29, 0.717) is 43.1 Å². The number of guanidine groups is 1. The third kappa shape index (κ3) is 5.29. The number of benzene rings is 2. The van der Waals surface area contributed by atoms with Gasteiger partial charge in [0.25, 0.3) is 0 Å². The Hall–Kier alpha value is -3.74. The highest BCUT2D eigenvalue weighted by Crippen LogP contribution is 2.33. The summed E-state index contributed by atoms with van der Waals surface area (Å²) in [5, 5.41) is 3.31. The first-order valence-electron chi connectivity index (χ1n) is 10.9. The zero-order chi connectivity index (χ0) is 22.2. The summed E-state index contributed by atoms with van der Waals surface area (Å²) in [6.07, 6.45) is 3.43. The van der Waals surface area contributed by atoms with Gasteiger partial charge in [0.1, 0.15) is 5.75 Å². The summed E-state index contributed by atoms with van der Waals surface area (Å²) in [4.78, 5) is 8.92. The van der Waals surface area contributed by atoms with Crippen molar-refractivity contribution in [1.29, 1.82) is 0 Å². The van der Waals surface area contributed by atoms with Crippen LogP contribution in [-0.4, -0.2) is 24.2 Å². The van der Waals surface area contributed by atoms with Crippen molar-refractivity contribution < 1.29 is 14.2 Å². The van der Waals surface area contributed by atoms with E-state index in [1.165, 1.54) is 0 Å². The van der Waals surface area contributed by atoms with Gasteiger partial charge in [0.05, 0.1) is 25.8 Å². The van der Waals surface area contributed by atoms with E-state index in [1.54, 1.807) is 6.20 Å². The number of nitrogens with two attached hydrogens (primary N) is 1. The zero-order valence-electron chi connectivity index (χ0n) is 18.2. The Kier molecular flexibility index (Phi) is 7.07. The lowest BCUT2D eigenvalue weighted by Crippen LogP contribution is -2.37. The van der Waals surface area contributed by atoms with Crippen molar-refractivity contribution in [2.45, 2.75) is 32.4 Å². The Balaban J connectivity index is 1.45. The van der Waals surface area contributed by atoms with Gasteiger partial charge in [-0.05, 0) is 30.7 Å². The molecule has 3 aromatic rings. The number of nitrogens with one attached hydrogen (secondary N) is 1. The highest BCUT2D eigenvalue weighted by atomic mass is 16.5. The van der Waals surface area contributed by atoms with Gasteiger partial charge in [-0.2, -0.15) is 0 Å². The van der Waals surface area contributed by atoms with Crippen molar-refractivity contribution in [3.05, 3.63) is 78.0 Å². The number of hydrogen-bond donors (Lipinski definition) is 2. The molecule has 7 nitrogen and oxygen atoms in total. The molecule has 0 amide bonds. The fourth-order valence-corrected chi connectivity index (χ4v) is 3.49. The molecular weight excluding hydrogens is 404 g/mol. The number of pyridine rings is 1. The standard InChI is InChI=1S/C25H28N4O3/c1-2-15-30-22-11-5-6-12-23(22)32-24-18(8-7-14-27-24)17-28-25(26)29-20-13-16-31-21-10-4-3-9-19(20)21/h3-12,14,20H,2,13,15-17H2,1H3,(H3,26,28,29). The average Bonchev–Trinajstić information content (AvgIpc) is 2.83. The number of aliphatic imine (C=N–C) groups is 1. The van der Waals surface area contributed by atoms with Crippen LogP contribution in [0.15, 0.2) is 71.9 Å². The normalized spacial score (nSPS) is 15.4. The minimum Gasteiger partial charge on any atom is -0.493 e. The molecule has 1 unspecified atom stereocenters. The Bertz CT molecular complexity index is 1070. The quantitative estimate of drug-likeness (QED) is 0.400. The van der Waals surface area contributed by atoms with Gasteiger partial charge in [-0.1, -0.05) is 43.3 Å². The van der Waals surface area contributed by atoms with E-state index in [-0.39, 0.29) is 6.04 Å². The first-order valence-corrected chi connectivity index (χ1v) is 10.9. The van der Waals surface area contributed by atoms with E-state index >= 15 is 0 Å². The SMILES string of the molecule is CCCOc1ccccc1Oc1ncccc1CN=C(N)NC1CCOc2ccccc21. The topological polar surface area (TPSA) is 91.0 Å². The van der Waals surface area contributed by atoms with E-state index in [2.05, 4.69) is 22.2 Å². The molecule has 1 aliphatic rings. The second-order valence-electron chi connectivity index (χ2n) is 7.44. The van der Waals surface area contributed by atoms with Gasteiger partial charge < -0.3 is 25.3 Å². The lowest BCUT2D eigenvalue weighted by molar-refractivity contribution is 0.262. The Morgan fingerprint density at radius 3 is 2.81 bits per heavy atom. The summed E-state index contributed by atoms with van der Waals surface area (Å²) < 4.78 is 17.6.